The molecule has 0 aromatic rings. The third-order valence-corrected chi connectivity index (χ3v) is 1.90. The molecule has 0 aromatic heterocycles. The highest BCUT2D eigenvalue weighted by Gasteiger charge is 1.92. The van der Waals surface area contributed by atoms with E-state index >= 15 is 0 Å². The SMILES string of the molecule is C\C=C/C(Br)=C\C=C(/C)C(C)=O. The minimum absolute atomic E-state index is 0.104. The molecule has 66 valence electrons. The molecule has 0 spiro atoms. The molecule has 0 amide bonds. The van der Waals surface area contributed by atoms with E-state index in [0.717, 1.165) is 10.1 Å². The Hall–Kier alpha value is -0.630. The molecule has 0 N–H and O–H groups in total. The van der Waals surface area contributed by atoms with E-state index in [1.807, 2.05) is 25.2 Å². The Labute approximate surface area is 82.0 Å². The maximum absolute atomic E-state index is 10.8. The molecular formula is C10H13BrO. The van der Waals surface area contributed by atoms with E-state index in [0.29, 0.717) is 0 Å². The maximum Gasteiger partial charge on any atom is 0.155 e. The third kappa shape index (κ3) is 5.08. The number of halogens is 1. The Kier molecular flexibility index (Phi) is 5.64. The minimum Gasteiger partial charge on any atom is -0.295 e. The molecule has 0 aliphatic heterocycles. The van der Waals surface area contributed by atoms with Gasteiger partial charge in [0.15, 0.2) is 5.78 Å². The van der Waals surface area contributed by atoms with Crippen LogP contribution in [-0.2, 0) is 4.79 Å². The van der Waals surface area contributed by atoms with Crippen LogP contribution in [0.3, 0.4) is 0 Å². The zero-order chi connectivity index (χ0) is 9.56. The number of ketones is 1. The second kappa shape index (κ2) is 5.95. The summed E-state index contributed by atoms with van der Waals surface area (Å²) in [6, 6.07) is 0. The number of allylic oxidation sites excluding steroid dienone is 6. The topological polar surface area (TPSA) is 17.1 Å². The summed E-state index contributed by atoms with van der Waals surface area (Å²) in [6.45, 7) is 5.30. The highest BCUT2D eigenvalue weighted by Crippen LogP contribution is 2.07. The van der Waals surface area contributed by atoms with Crippen molar-refractivity contribution in [3.8, 4) is 0 Å². The maximum atomic E-state index is 10.8. The van der Waals surface area contributed by atoms with Gasteiger partial charge in [-0.1, -0.05) is 34.2 Å². The van der Waals surface area contributed by atoms with Gasteiger partial charge in [-0.05, 0) is 32.4 Å². The molecule has 1 nitrogen and oxygen atoms in total. The van der Waals surface area contributed by atoms with Crippen LogP contribution in [0.5, 0.6) is 0 Å². The average Bonchev–Trinajstić information content (AvgIpc) is 2.00. The predicted octanol–water partition coefficient (Wildman–Crippen LogP) is 3.38. The van der Waals surface area contributed by atoms with Crippen LogP contribution in [0.15, 0.2) is 34.4 Å². The normalized spacial score (nSPS) is 14.0. The molecule has 0 aromatic carbocycles. The first-order chi connectivity index (χ1) is 5.57. The quantitative estimate of drug-likeness (QED) is 0.535. The molecule has 0 heterocycles. The van der Waals surface area contributed by atoms with Crippen molar-refractivity contribution in [2.24, 2.45) is 0 Å². The molecule has 0 fully saturated rings. The van der Waals surface area contributed by atoms with Gasteiger partial charge in [0.2, 0.25) is 0 Å². The monoisotopic (exact) mass is 228 g/mol. The van der Waals surface area contributed by atoms with Crippen molar-refractivity contribution in [1.29, 1.82) is 0 Å². The largest absolute Gasteiger partial charge is 0.295 e. The van der Waals surface area contributed by atoms with Crippen molar-refractivity contribution in [2.45, 2.75) is 20.8 Å². The first kappa shape index (κ1) is 11.4. The smallest absolute Gasteiger partial charge is 0.155 e. The van der Waals surface area contributed by atoms with Gasteiger partial charge in [0.1, 0.15) is 0 Å². The van der Waals surface area contributed by atoms with Gasteiger partial charge in [-0.25, -0.2) is 0 Å². The van der Waals surface area contributed by atoms with Crippen LogP contribution < -0.4 is 0 Å². The summed E-state index contributed by atoms with van der Waals surface area (Å²) >= 11 is 3.33. The minimum atomic E-state index is 0.104. The molecule has 2 heteroatoms. The second-order valence-electron chi connectivity index (χ2n) is 2.46. The molecule has 0 radical (unpaired) electrons. The summed E-state index contributed by atoms with van der Waals surface area (Å²) in [5, 5.41) is 0. The number of carbonyl (C=O) groups is 1. The van der Waals surface area contributed by atoms with Crippen LogP contribution in [0.2, 0.25) is 0 Å². The fourth-order valence-corrected chi connectivity index (χ4v) is 0.933. The first-order valence-corrected chi connectivity index (χ1v) is 4.55. The van der Waals surface area contributed by atoms with Gasteiger partial charge >= 0.3 is 0 Å². The molecule has 0 aliphatic carbocycles. The number of Topliss-reactive ketones (excluding diaryl/α,β-unsaturated/α-hetero) is 1. The molecule has 0 unspecified atom stereocenters. The van der Waals surface area contributed by atoms with Crippen LogP contribution in [0, 0.1) is 0 Å². The van der Waals surface area contributed by atoms with Crippen molar-refractivity contribution < 1.29 is 4.79 Å². The molecule has 0 bridgehead atoms. The van der Waals surface area contributed by atoms with Crippen molar-refractivity contribution in [3.05, 3.63) is 34.4 Å². The van der Waals surface area contributed by atoms with Crippen molar-refractivity contribution >= 4 is 21.7 Å². The van der Waals surface area contributed by atoms with E-state index in [4.69, 9.17) is 0 Å². The van der Waals surface area contributed by atoms with Gasteiger partial charge in [0.25, 0.3) is 0 Å². The molecule has 0 atom stereocenters. The van der Waals surface area contributed by atoms with Gasteiger partial charge in [0.05, 0.1) is 0 Å². The van der Waals surface area contributed by atoms with Crippen LogP contribution in [0.25, 0.3) is 0 Å². The molecule has 0 aliphatic rings. The van der Waals surface area contributed by atoms with Crippen LogP contribution in [0.1, 0.15) is 20.8 Å². The average molecular weight is 229 g/mol. The summed E-state index contributed by atoms with van der Waals surface area (Å²) in [5.41, 5.74) is 0.761. The summed E-state index contributed by atoms with van der Waals surface area (Å²) in [4.78, 5) is 10.8. The van der Waals surface area contributed by atoms with E-state index in [2.05, 4.69) is 15.9 Å². The van der Waals surface area contributed by atoms with Gasteiger partial charge in [-0.2, -0.15) is 0 Å². The zero-order valence-corrected chi connectivity index (χ0v) is 9.18. The first-order valence-electron chi connectivity index (χ1n) is 3.75. The number of hydrogen-bond donors (Lipinski definition) is 0. The number of hydrogen-bond acceptors (Lipinski definition) is 1. The highest BCUT2D eigenvalue weighted by atomic mass is 79.9. The number of rotatable bonds is 3. The summed E-state index contributed by atoms with van der Waals surface area (Å²) in [5.74, 6) is 0.104. The highest BCUT2D eigenvalue weighted by molar-refractivity contribution is 9.11. The van der Waals surface area contributed by atoms with Gasteiger partial charge in [-0.3, -0.25) is 4.79 Å². The fourth-order valence-electron chi connectivity index (χ4n) is 0.537. The lowest BCUT2D eigenvalue weighted by Crippen LogP contribution is -1.89. The lowest BCUT2D eigenvalue weighted by Gasteiger charge is -1.90. The predicted molar refractivity (Wildman–Crippen MR) is 56.3 cm³/mol. The number of carbonyl (C=O) groups excluding carboxylic acids is 1. The van der Waals surface area contributed by atoms with E-state index in [-0.39, 0.29) is 5.78 Å². The van der Waals surface area contributed by atoms with E-state index < -0.39 is 0 Å². The molecule has 12 heavy (non-hydrogen) atoms. The summed E-state index contributed by atoms with van der Waals surface area (Å²) in [7, 11) is 0. The van der Waals surface area contributed by atoms with Crippen LogP contribution >= 0.6 is 15.9 Å². The summed E-state index contributed by atoms with van der Waals surface area (Å²) in [6.07, 6.45) is 7.50. The molecule has 0 rings (SSSR count). The van der Waals surface area contributed by atoms with Crippen LogP contribution in [-0.4, -0.2) is 5.78 Å². The Balaban J connectivity index is 4.37. The van der Waals surface area contributed by atoms with Crippen LogP contribution in [0.4, 0.5) is 0 Å². The molecule has 0 saturated heterocycles. The summed E-state index contributed by atoms with van der Waals surface area (Å²) < 4.78 is 0.964. The molecule has 0 saturated carbocycles. The lowest BCUT2D eigenvalue weighted by molar-refractivity contribution is -0.113. The van der Waals surface area contributed by atoms with Crippen molar-refractivity contribution in [3.63, 3.8) is 0 Å². The van der Waals surface area contributed by atoms with E-state index in [9.17, 15) is 4.79 Å². The van der Waals surface area contributed by atoms with E-state index in [1.54, 1.807) is 19.9 Å². The zero-order valence-electron chi connectivity index (χ0n) is 7.60. The second-order valence-corrected chi connectivity index (χ2v) is 3.37. The van der Waals surface area contributed by atoms with Gasteiger partial charge < -0.3 is 0 Å². The third-order valence-electron chi connectivity index (χ3n) is 1.37. The molecular weight excluding hydrogens is 216 g/mol. The van der Waals surface area contributed by atoms with Gasteiger partial charge in [-0.15, -0.1) is 0 Å². The van der Waals surface area contributed by atoms with Crippen molar-refractivity contribution in [2.75, 3.05) is 0 Å². The Morgan fingerprint density at radius 3 is 2.25 bits per heavy atom. The Bertz CT molecular complexity index is 247. The standard InChI is InChI=1S/C10H13BrO/c1-4-5-10(11)7-6-8(2)9(3)12/h4-7H,1-3H3/b5-4-,8-6+,10-7+. The van der Waals surface area contributed by atoms with E-state index in [1.165, 1.54) is 0 Å². The van der Waals surface area contributed by atoms with Gasteiger partial charge in [0, 0.05) is 4.48 Å². The Morgan fingerprint density at radius 1 is 1.25 bits per heavy atom. The Morgan fingerprint density at radius 2 is 1.83 bits per heavy atom. The lowest BCUT2D eigenvalue weighted by atomic mass is 10.2. The van der Waals surface area contributed by atoms with Crippen molar-refractivity contribution in [1.82, 2.24) is 0 Å². The fraction of sp³-hybridized carbons (Fsp3) is 0.300.